The van der Waals surface area contributed by atoms with Crippen LogP contribution in [0.25, 0.3) is 0 Å². The van der Waals surface area contributed by atoms with Crippen molar-refractivity contribution in [2.24, 2.45) is 28.3 Å². The molecule has 4 N–H and O–H groups in total. The predicted octanol–water partition coefficient (Wildman–Crippen LogP) is 0.545. The molecule has 0 aromatic heterocycles. The Labute approximate surface area is 103 Å². The molecule has 5 heteroatoms. The maximum Gasteiger partial charge on any atom is 0.224 e. The summed E-state index contributed by atoms with van der Waals surface area (Å²) >= 11 is 0. The number of guanidine groups is 1. The van der Waals surface area contributed by atoms with Gasteiger partial charge < -0.3 is 16.4 Å². The van der Waals surface area contributed by atoms with Crippen molar-refractivity contribution in [3.8, 4) is 0 Å². The molecule has 1 saturated heterocycles. The quantitative estimate of drug-likeness (QED) is 0.555. The van der Waals surface area contributed by atoms with E-state index >= 15 is 0 Å². The Balaban J connectivity index is 2.28. The monoisotopic (exact) mass is 240 g/mol. The lowest BCUT2D eigenvalue weighted by Gasteiger charge is -2.33. The fourth-order valence-corrected chi connectivity index (χ4v) is 2.25. The van der Waals surface area contributed by atoms with Gasteiger partial charge in [0, 0.05) is 19.5 Å². The number of nitrogens with zero attached hydrogens (tertiary/aromatic N) is 2. The number of aliphatic imine (C=N–C) groups is 1. The molecule has 0 atom stereocenters. The molecular weight excluding hydrogens is 216 g/mol. The van der Waals surface area contributed by atoms with E-state index in [-0.39, 0.29) is 11.9 Å². The lowest BCUT2D eigenvalue weighted by molar-refractivity contribution is -0.132. The van der Waals surface area contributed by atoms with E-state index in [0.29, 0.717) is 18.9 Å². The Morgan fingerprint density at radius 1 is 1.35 bits per heavy atom. The van der Waals surface area contributed by atoms with Crippen molar-refractivity contribution in [3.05, 3.63) is 0 Å². The Morgan fingerprint density at radius 2 is 1.94 bits per heavy atom. The summed E-state index contributed by atoms with van der Waals surface area (Å²) in [6.07, 6.45) is 2.64. The van der Waals surface area contributed by atoms with Crippen LogP contribution in [0.1, 0.15) is 33.1 Å². The number of piperidine rings is 1. The van der Waals surface area contributed by atoms with Crippen molar-refractivity contribution in [1.82, 2.24) is 4.90 Å². The van der Waals surface area contributed by atoms with E-state index in [4.69, 9.17) is 11.5 Å². The van der Waals surface area contributed by atoms with Gasteiger partial charge in [-0.25, -0.2) is 0 Å². The maximum atomic E-state index is 11.8. The summed E-state index contributed by atoms with van der Waals surface area (Å²) < 4.78 is 0. The molecule has 0 radical (unpaired) electrons. The van der Waals surface area contributed by atoms with Crippen LogP contribution in [0, 0.1) is 11.8 Å². The standard InChI is InChI=1S/C12H24N4O/c1-9(2)10-4-7-16(8-5-10)11(17)3-6-15-12(13)14/h9-10H,3-8H2,1-2H3,(H4,13,14,15). The molecule has 0 aromatic rings. The molecule has 0 spiro atoms. The van der Waals surface area contributed by atoms with E-state index < -0.39 is 0 Å². The van der Waals surface area contributed by atoms with Crippen molar-refractivity contribution in [2.45, 2.75) is 33.1 Å². The minimum atomic E-state index is 0.0521. The van der Waals surface area contributed by atoms with Gasteiger partial charge in [-0.1, -0.05) is 13.8 Å². The second-order valence-corrected chi connectivity index (χ2v) is 5.02. The summed E-state index contributed by atoms with van der Waals surface area (Å²) in [6, 6.07) is 0. The fraction of sp³-hybridized carbons (Fsp3) is 0.833. The van der Waals surface area contributed by atoms with Crippen LogP contribution in [-0.2, 0) is 4.79 Å². The summed E-state index contributed by atoms with van der Waals surface area (Å²) in [5.74, 6) is 1.69. The minimum absolute atomic E-state index is 0.0521. The molecule has 1 aliphatic rings. The van der Waals surface area contributed by atoms with Crippen LogP contribution in [-0.4, -0.2) is 36.4 Å². The van der Waals surface area contributed by atoms with Gasteiger partial charge >= 0.3 is 0 Å². The first kappa shape index (κ1) is 13.8. The molecule has 1 heterocycles. The van der Waals surface area contributed by atoms with E-state index in [2.05, 4.69) is 18.8 Å². The van der Waals surface area contributed by atoms with Gasteiger partial charge in [0.25, 0.3) is 0 Å². The van der Waals surface area contributed by atoms with Crippen molar-refractivity contribution < 1.29 is 4.79 Å². The van der Waals surface area contributed by atoms with Gasteiger partial charge in [0.2, 0.25) is 5.91 Å². The number of amides is 1. The molecule has 0 aliphatic carbocycles. The van der Waals surface area contributed by atoms with Crippen LogP contribution in [0.2, 0.25) is 0 Å². The van der Waals surface area contributed by atoms with E-state index in [1.54, 1.807) is 0 Å². The molecule has 17 heavy (non-hydrogen) atoms. The molecule has 0 unspecified atom stereocenters. The zero-order chi connectivity index (χ0) is 12.8. The summed E-state index contributed by atoms with van der Waals surface area (Å²) in [7, 11) is 0. The smallest absolute Gasteiger partial charge is 0.224 e. The summed E-state index contributed by atoms with van der Waals surface area (Å²) in [5.41, 5.74) is 10.4. The average Bonchev–Trinajstić information content (AvgIpc) is 2.28. The number of likely N-dealkylation sites (tertiary alicyclic amines) is 1. The fourth-order valence-electron chi connectivity index (χ4n) is 2.25. The zero-order valence-corrected chi connectivity index (χ0v) is 10.9. The highest BCUT2D eigenvalue weighted by Gasteiger charge is 2.23. The molecule has 0 aromatic carbocycles. The summed E-state index contributed by atoms with van der Waals surface area (Å²) in [6.45, 7) is 6.65. The minimum Gasteiger partial charge on any atom is -0.370 e. The first-order valence-corrected chi connectivity index (χ1v) is 6.34. The highest BCUT2D eigenvalue weighted by molar-refractivity contribution is 5.78. The Hall–Kier alpha value is -1.26. The van der Waals surface area contributed by atoms with Gasteiger partial charge in [-0.3, -0.25) is 9.79 Å². The molecular formula is C12H24N4O. The van der Waals surface area contributed by atoms with Crippen LogP contribution in [0.5, 0.6) is 0 Å². The molecule has 1 fully saturated rings. The van der Waals surface area contributed by atoms with Crippen molar-refractivity contribution in [1.29, 1.82) is 0 Å². The number of rotatable bonds is 4. The van der Waals surface area contributed by atoms with Gasteiger partial charge in [-0.05, 0) is 24.7 Å². The first-order valence-electron chi connectivity index (χ1n) is 6.34. The third-order valence-electron chi connectivity index (χ3n) is 3.46. The van der Waals surface area contributed by atoms with Crippen molar-refractivity contribution >= 4 is 11.9 Å². The normalized spacial score (nSPS) is 17.2. The number of carbonyl (C=O) groups excluding carboxylic acids is 1. The second kappa shape index (κ2) is 6.47. The van der Waals surface area contributed by atoms with Crippen molar-refractivity contribution in [2.75, 3.05) is 19.6 Å². The molecule has 1 aliphatic heterocycles. The number of hydrogen-bond acceptors (Lipinski definition) is 2. The number of carbonyl (C=O) groups is 1. The molecule has 0 saturated carbocycles. The van der Waals surface area contributed by atoms with Gasteiger partial charge in [0.1, 0.15) is 0 Å². The van der Waals surface area contributed by atoms with Crippen LogP contribution in [0.4, 0.5) is 0 Å². The topological polar surface area (TPSA) is 84.7 Å². The van der Waals surface area contributed by atoms with Gasteiger partial charge in [-0.15, -0.1) is 0 Å². The van der Waals surface area contributed by atoms with Crippen LogP contribution in [0.15, 0.2) is 4.99 Å². The molecule has 98 valence electrons. The van der Waals surface area contributed by atoms with Crippen molar-refractivity contribution in [3.63, 3.8) is 0 Å². The van der Waals surface area contributed by atoms with E-state index in [1.165, 1.54) is 0 Å². The van der Waals surface area contributed by atoms with Gasteiger partial charge in [0.05, 0.1) is 6.54 Å². The second-order valence-electron chi connectivity index (χ2n) is 5.02. The molecule has 5 nitrogen and oxygen atoms in total. The summed E-state index contributed by atoms with van der Waals surface area (Å²) in [5, 5.41) is 0. The van der Waals surface area contributed by atoms with Crippen LogP contribution >= 0.6 is 0 Å². The molecule has 0 bridgehead atoms. The average molecular weight is 240 g/mol. The Kier molecular flexibility index (Phi) is 5.25. The van der Waals surface area contributed by atoms with Gasteiger partial charge in [-0.2, -0.15) is 0 Å². The lowest BCUT2D eigenvalue weighted by atomic mass is 9.86. The van der Waals surface area contributed by atoms with Gasteiger partial charge in [0.15, 0.2) is 5.96 Å². The predicted molar refractivity (Wildman–Crippen MR) is 69.4 cm³/mol. The SMILES string of the molecule is CC(C)C1CCN(C(=O)CCN=C(N)N)CC1. The third-order valence-corrected chi connectivity index (χ3v) is 3.46. The first-order chi connectivity index (χ1) is 8.00. The van der Waals surface area contributed by atoms with Crippen LogP contribution < -0.4 is 11.5 Å². The Bertz CT molecular complexity index is 276. The zero-order valence-electron chi connectivity index (χ0n) is 10.9. The van der Waals surface area contributed by atoms with E-state index in [0.717, 1.165) is 31.8 Å². The van der Waals surface area contributed by atoms with Crippen LogP contribution in [0.3, 0.4) is 0 Å². The highest BCUT2D eigenvalue weighted by atomic mass is 16.2. The molecule has 1 amide bonds. The highest BCUT2D eigenvalue weighted by Crippen LogP contribution is 2.24. The largest absolute Gasteiger partial charge is 0.370 e. The number of hydrogen-bond donors (Lipinski definition) is 2. The maximum absolute atomic E-state index is 11.8. The third kappa shape index (κ3) is 4.63. The van der Waals surface area contributed by atoms with E-state index in [9.17, 15) is 4.79 Å². The Morgan fingerprint density at radius 3 is 2.41 bits per heavy atom. The summed E-state index contributed by atoms with van der Waals surface area (Å²) in [4.78, 5) is 17.6. The lowest BCUT2D eigenvalue weighted by Crippen LogP contribution is -2.39. The number of nitrogens with two attached hydrogens (primary N) is 2. The van der Waals surface area contributed by atoms with E-state index in [1.807, 2.05) is 4.90 Å². The molecule has 1 rings (SSSR count).